The van der Waals surface area contributed by atoms with Gasteiger partial charge in [-0.25, -0.2) is 0 Å². The topological polar surface area (TPSA) is 59.0 Å². The van der Waals surface area contributed by atoms with Gasteiger partial charge in [0.25, 0.3) is 5.91 Å². The lowest BCUT2D eigenvalue weighted by Crippen LogP contribution is -2.27. The zero-order chi connectivity index (χ0) is 16.4. The van der Waals surface area contributed by atoms with Gasteiger partial charge in [-0.3, -0.25) is 19.7 Å². The molecule has 5 heteroatoms. The first-order valence-electron chi connectivity index (χ1n) is 7.44. The fourth-order valence-electron chi connectivity index (χ4n) is 2.69. The number of hydrogen-bond acceptors (Lipinski definition) is 4. The molecule has 3 rings (SSSR count). The summed E-state index contributed by atoms with van der Waals surface area (Å²) in [5.41, 5.74) is 4.88. The fraction of sp³-hybridized carbons (Fsp3) is 0.222. The second kappa shape index (κ2) is 6.12. The van der Waals surface area contributed by atoms with Gasteiger partial charge in [0.15, 0.2) is 0 Å². The van der Waals surface area contributed by atoms with E-state index in [2.05, 4.69) is 15.0 Å². The number of carbonyl (C=O) groups excluding carboxylic acids is 1. The Morgan fingerprint density at radius 2 is 1.91 bits per heavy atom. The average molecular weight is 306 g/mol. The molecule has 1 amide bonds. The van der Waals surface area contributed by atoms with Crippen LogP contribution in [0.3, 0.4) is 0 Å². The standard InChI is InChI=1S/C18H18N4O/c1-12-9-13(2)21-14(10-12)11-22(3)18(23)15-5-4-6-16-17(15)20-8-7-19-16/h4-10H,11H2,1-3H3. The lowest BCUT2D eigenvalue weighted by molar-refractivity contribution is 0.0785. The number of fused-ring (bicyclic) bond motifs is 1. The van der Waals surface area contributed by atoms with Gasteiger partial charge in [0.2, 0.25) is 0 Å². The molecule has 23 heavy (non-hydrogen) atoms. The molecule has 0 aliphatic rings. The molecular weight excluding hydrogens is 288 g/mol. The van der Waals surface area contributed by atoms with Crippen molar-refractivity contribution >= 4 is 16.9 Å². The van der Waals surface area contributed by atoms with Gasteiger partial charge in [0.05, 0.1) is 23.3 Å². The van der Waals surface area contributed by atoms with Crippen molar-refractivity contribution in [3.63, 3.8) is 0 Å². The molecule has 5 nitrogen and oxygen atoms in total. The smallest absolute Gasteiger partial charge is 0.256 e. The first kappa shape index (κ1) is 15.1. The molecule has 116 valence electrons. The Morgan fingerprint density at radius 3 is 2.70 bits per heavy atom. The van der Waals surface area contributed by atoms with Gasteiger partial charge >= 0.3 is 0 Å². The maximum Gasteiger partial charge on any atom is 0.256 e. The molecule has 2 aromatic heterocycles. The van der Waals surface area contributed by atoms with Crippen molar-refractivity contribution in [2.24, 2.45) is 0 Å². The van der Waals surface area contributed by atoms with Crippen LogP contribution >= 0.6 is 0 Å². The molecule has 0 aliphatic carbocycles. The minimum Gasteiger partial charge on any atom is -0.336 e. The Bertz CT molecular complexity index is 850. The highest BCUT2D eigenvalue weighted by atomic mass is 16.2. The van der Waals surface area contributed by atoms with E-state index in [1.54, 1.807) is 30.4 Å². The van der Waals surface area contributed by atoms with Crippen LogP contribution in [0.1, 0.15) is 27.3 Å². The number of benzene rings is 1. The number of hydrogen-bond donors (Lipinski definition) is 0. The number of carbonyl (C=O) groups is 1. The number of rotatable bonds is 3. The number of pyridine rings is 1. The summed E-state index contributed by atoms with van der Waals surface area (Å²) < 4.78 is 0. The number of nitrogens with zero attached hydrogens (tertiary/aromatic N) is 4. The molecular formula is C18H18N4O. The van der Waals surface area contributed by atoms with Crippen LogP contribution in [0, 0.1) is 13.8 Å². The zero-order valence-corrected chi connectivity index (χ0v) is 13.4. The van der Waals surface area contributed by atoms with E-state index in [-0.39, 0.29) is 5.91 Å². The number of para-hydroxylation sites is 1. The van der Waals surface area contributed by atoms with Crippen molar-refractivity contribution in [2.75, 3.05) is 7.05 Å². The molecule has 0 atom stereocenters. The minimum atomic E-state index is -0.0861. The summed E-state index contributed by atoms with van der Waals surface area (Å²) in [7, 11) is 1.77. The third kappa shape index (κ3) is 3.18. The van der Waals surface area contributed by atoms with E-state index in [4.69, 9.17) is 0 Å². The predicted molar refractivity (Wildman–Crippen MR) is 89.0 cm³/mol. The molecule has 0 saturated heterocycles. The lowest BCUT2D eigenvalue weighted by atomic mass is 10.1. The summed E-state index contributed by atoms with van der Waals surface area (Å²) in [6.07, 6.45) is 3.23. The van der Waals surface area contributed by atoms with Gasteiger partial charge in [-0.05, 0) is 43.7 Å². The third-order valence-electron chi connectivity index (χ3n) is 3.63. The van der Waals surface area contributed by atoms with E-state index in [9.17, 15) is 4.79 Å². The first-order chi connectivity index (χ1) is 11.0. The van der Waals surface area contributed by atoms with Crippen LogP contribution in [0.25, 0.3) is 11.0 Å². The van der Waals surface area contributed by atoms with E-state index in [1.165, 1.54) is 0 Å². The normalized spacial score (nSPS) is 10.7. The maximum absolute atomic E-state index is 12.8. The molecule has 0 aliphatic heterocycles. The molecule has 0 spiro atoms. The van der Waals surface area contributed by atoms with E-state index >= 15 is 0 Å². The monoisotopic (exact) mass is 306 g/mol. The van der Waals surface area contributed by atoms with Crippen LogP contribution in [0.2, 0.25) is 0 Å². The van der Waals surface area contributed by atoms with E-state index in [0.717, 1.165) is 22.5 Å². The molecule has 2 heterocycles. The molecule has 0 N–H and O–H groups in total. The number of aromatic nitrogens is 3. The molecule has 3 aromatic rings. The third-order valence-corrected chi connectivity index (χ3v) is 3.63. The van der Waals surface area contributed by atoms with Crippen molar-refractivity contribution in [1.82, 2.24) is 19.9 Å². The van der Waals surface area contributed by atoms with E-state index in [1.807, 2.05) is 38.1 Å². The summed E-state index contributed by atoms with van der Waals surface area (Å²) in [6, 6.07) is 9.48. The lowest BCUT2D eigenvalue weighted by Gasteiger charge is -2.18. The van der Waals surface area contributed by atoms with Crippen molar-refractivity contribution < 1.29 is 4.79 Å². The van der Waals surface area contributed by atoms with Crippen molar-refractivity contribution in [1.29, 1.82) is 0 Å². The van der Waals surface area contributed by atoms with Crippen molar-refractivity contribution in [3.8, 4) is 0 Å². The average Bonchev–Trinajstić information content (AvgIpc) is 2.52. The summed E-state index contributed by atoms with van der Waals surface area (Å²) >= 11 is 0. The summed E-state index contributed by atoms with van der Waals surface area (Å²) in [5, 5.41) is 0. The highest BCUT2D eigenvalue weighted by molar-refractivity contribution is 6.04. The largest absolute Gasteiger partial charge is 0.336 e. The van der Waals surface area contributed by atoms with Crippen LogP contribution in [0.4, 0.5) is 0 Å². The van der Waals surface area contributed by atoms with Crippen molar-refractivity contribution in [3.05, 3.63) is 65.2 Å². The Balaban J connectivity index is 1.89. The highest BCUT2D eigenvalue weighted by Crippen LogP contribution is 2.16. The summed E-state index contributed by atoms with van der Waals surface area (Å²) in [6.45, 7) is 4.44. The quantitative estimate of drug-likeness (QED) is 0.746. The Labute approximate surface area is 135 Å². The Kier molecular flexibility index (Phi) is 4.02. The second-order valence-electron chi connectivity index (χ2n) is 5.67. The van der Waals surface area contributed by atoms with Gasteiger partial charge in [-0.1, -0.05) is 6.07 Å². The molecule has 0 fully saturated rings. The van der Waals surface area contributed by atoms with Gasteiger partial charge in [-0.15, -0.1) is 0 Å². The molecule has 0 saturated carbocycles. The second-order valence-corrected chi connectivity index (χ2v) is 5.67. The molecule has 1 aromatic carbocycles. The highest BCUT2D eigenvalue weighted by Gasteiger charge is 2.16. The molecule has 0 bridgehead atoms. The minimum absolute atomic E-state index is 0.0861. The molecule has 0 unspecified atom stereocenters. The Morgan fingerprint density at radius 1 is 1.13 bits per heavy atom. The van der Waals surface area contributed by atoms with Crippen LogP contribution < -0.4 is 0 Å². The van der Waals surface area contributed by atoms with Gasteiger partial charge < -0.3 is 4.90 Å². The number of aryl methyl sites for hydroxylation is 2. The Hall–Kier alpha value is -2.82. The summed E-state index contributed by atoms with van der Waals surface area (Å²) in [5.74, 6) is -0.0861. The van der Waals surface area contributed by atoms with Crippen LogP contribution in [0.5, 0.6) is 0 Å². The number of amides is 1. The van der Waals surface area contributed by atoms with Crippen LogP contribution in [0.15, 0.2) is 42.7 Å². The maximum atomic E-state index is 12.8. The predicted octanol–water partition coefficient (Wildman–Crippen LogP) is 2.91. The van der Waals surface area contributed by atoms with Gasteiger partial charge in [-0.2, -0.15) is 0 Å². The van der Waals surface area contributed by atoms with Crippen molar-refractivity contribution in [2.45, 2.75) is 20.4 Å². The van der Waals surface area contributed by atoms with Gasteiger partial charge in [0, 0.05) is 25.1 Å². The SMILES string of the molecule is Cc1cc(C)nc(CN(C)C(=O)c2cccc3nccnc23)c1. The fourth-order valence-corrected chi connectivity index (χ4v) is 2.69. The first-order valence-corrected chi connectivity index (χ1v) is 7.44. The van der Waals surface area contributed by atoms with Crippen LogP contribution in [-0.2, 0) is 6.54 Å². The van der Waals surface area contributed by atoms with E-state index < -0.39 is 0 Å². The molecule has 0 radical (unpaired) electrons. The van der Waals surface area contributed by atoms with Gasteiger partial charge in [0.1, 0.15) is 5.52 Å². The van der Waals surface area contributed by atoms with Crippen LogP contribution in [-0.4, -0.2) is 32.8 Å². The van der Waals surface area contributed by atoms with E-state index in [0.29, 0.717) is 17.6 Å². The summed E-state index contributed by atoms with van der Waals surface area (Å²) in [4.78, 5) is 27.5. The zero-order valence-electron chi connectivity index (χ0n) is 13.4.